The molecule has 2 aromatic rings. The largest absolute Gasteiger partial charge is 0.390 e. The van der Waals surface area contributed by atoms with E-state index in [2.05, 4.69) is 5.16 Å². The van der Waals surface area contributed by atoms with Crippen molar-refractivity contribution in [2.24, 2.45) is 11.1 Å². The maximum Gasteiger partial charge on any atom is 0.226 e. The van der Waals surface area contributed by atoms with Crippen LogP contribution in [0.1, 0.15) is 36.8 Å². The van der Waals surface area contributed by atoms with Crippen molar-refractivity contribution in [3.8, 4) is 0 Å². The molecule has 1 aliphatic heterocycles. The van der Waals surface area contributed by atoms with Crippen molar-refractivity contribution in [2.45, 2.75) is 38.3 Å². The number of rotatable bonds is 6. The zero-order valence-corrected chi connectivity index (χ0v) is 16.2. The third kappa shape index (κ3) is 4.36. The van der Waals surface area contributed by atoms with E-state index < -0.39 is 0 Å². The molecule has 6 heteroatoms. The molecular weight excluding hydrogens is 379 g/mol. The summed E-state index contributed by atoms with van der Waals surface area (Å²) in [5, 5.41) is 4.88. The van der Waals surface area contributed by atoms with Gasteiger partial charge in [-0.05, 0) is 48.2 Å². The molecule has 0 N–H and O–H groups in total. The van der Waals surface area contributed by atoms with Crippen LogP contribution in [0.5, 0.6) is 0 Å². The normalized spacial score (nSPS) is 18.9. The molecule has 4 rings (SSSR count). The quantitative estimate of drug-likeness (QED) is 0.698. The number of oxime groups is 1. The Labute approximate surface area is 168 Å². The Morgan fingerprint density at radius 1 is 1.21 bits per heavy atom. The molecule has 0 radical (unpaired) electrons. The fraction of sp³-hybridized carbons (Fsp3) is 0.364. The highest BCUT2D eigenvalue weighted by Crippen LogP contribution is 2.30. The summed E-state index contributed by atoms with van der Waals surface area (Å²) in [6.45, 7) is 0.815. The Balaban J connectivity index is 1.43. The Kier molecular flexibility index (Phi) is 5.62. The zero-order valence-electron chi connectivity index (χ0n) is 15.5. The van der Waals surface area contributed by atoms with Gasteiger partial charge in [-0.1, -0.05) is 47.4 Å². The summed E-state index contributed by atoms with van der Waals surface area (Å²) in [4.78, 5) is 20.3. The van der Waals surface area contributed by atoms with Crippen molar-refractivity contribution in [1.29, 1.82) is 0 Å². The molecule has 1 heterocycles. The molecular formula is C22H22ClFN2O2. The van der Waals surface area contributed by atoms with Gasteiger partial charge < -0.3 is 9.74 Å². The minimum atomic E-state index is -0.293. The van der Waals surface area contributed by atoms with Gasteiger partial charge in [0.1, 0.15) is 5.82 Å². The van der Waals surface area contributed by atoms with Gasteiger partial charge in [0, 0.05) is 23.9 Å². The van der Waals surface area contributed by atoms with Crippen LogP contribution in [0.3, 0.4) is 0 Å². The van der Waals surface area contributed by atoms with E-state index >= 15 is 0 Å². The lowest BCUT2D eigenvalue weighted by molar-refractivity contribution is -0.140. The molecule has 0 unspecified atom stereocenters. The molecule has 0 saturated heterocycles. The Bertz CT molecular complexity index is 880. The summed E-state index contributed by atoms with van der Waals surface area (Å²) in [6.07, 6.45) is 3.36. The van der Waals surface area contributed by atoms with Gasteiger partial charge in [0.05, 0.1) is 12.3 Å². The first-order valence-corrected chi connectivity index (χ1v) is 9.98. The van der Waals surface area contributed by atoms with E-state index in [9.17, 15) is 9.18 Å². The second kappa shape index (κ2) is 8.31. The van der Waals surface area contributed by atoms with Crippen LogP contribution in [-0.4, -0.2) is 29.2 Å². The van der Waals surface area contributed by atoms with Crippen molar-refractivity contribution in [3.63, 3.8) is 0 Å². The highest BCUT2D eigenvalue weighted by molar-refractivity contribution is 6.30. The first kappa shape index (κ1) is 18.9. The monoisotopic (exact) mass is 400 g/mol. The molecule has 4 nitrogen and oxygen atoms in total. The van der Waals surface area contributed by atoms with Gasteiger partial charge >= 0.3 is 0 Å². The molecule has 1 saturated carbocycles. The van der Waals surface area contributed by atoms with Crippen LogP contribution in [0.15, 0.2) is 53.7 Å². The lowest BCUT2D eigenvalue weighted by atomic mass is 9.84. The maximum absolute atomic E-state index is 13.6. The predicted octanol–water partition coefficient (Wildman–Crippen LogP) is 4.80. The third-order valence-electron chi connectivity index (χ3n) is 5.36. The maximum atomic E-state index is 13.6. The second-order valence-electron chi connectivity index (χ2n) is 7.45. The number of hydrogen-bond donors (Lipinski definition) is 0. The molecule has 0 aromatic heterocycles. The minimum absolute atomic E-state index is 0.0756. The topological polar surface area (TPSA) is 41.9 Å². The van der Waals surface area contributed by atoms with Gasteiger partial charge in [0.25, 0.3) is 0 Å². The average molecular weight is 401 g/mol. The number of carbonyl (C=O) groups is 1. The van der Waals surface area contributed by atoms with E-state index in [1.807, 2.05) is 30.3 Å². The van der Waals surface area contributed by atoms with Crippen LogP contribution in [0, 0.1) is 11.7 Å². The summed E-state index contributed by atoms with van der Waals surface area (Å²) in [6, 6.07) is 13.9. The Morgan fingerprint density at radius 3 is 2.68 bits per heavy atom. The van der Waals surface area contributed by atoms with Gasteiger partial charge in [0.15, 0.2) is 6.10 Å². The number of halogens is 2. The highest BCUT2D eigenvalue weighted by Gasteiger charge is 2.33. The van der Waals surface area contributed by atoms with Crippen molar-refractivity contribution in [2.75, 3.05) is 6.54 Å². The fourth-order valence-electron chi connectivity index (χ4n) is 3.59. The minimum Gasteiger partial charge on any atom is -0.390 e. The van der Waals surface area contributed by atoms with Crippen LogP contribution < -0.4 is 0 Å². The molecule has 1 fully saturated rings. The van der Waals surface area contributed by atoms with Gasteiger partial charge in [-0.2, -0.15) is 0 Å². The number of nitrogens with zero attached hydrogens (tertiary/aromatic N) is 2. The highest BCUT2D eigenvalue weighted by atomic mass is 35.5. The van der Waals surface area contributed by atoms with E-state index in [0.717, 1.165) is 36.1 Å². The van der Waals surface area contributed by atoms with Crippen LogP contribution >= 0.6 is 11.6 Å². The van der Waals surface area contributed by atoms with E-state index in [0.29, 0.717) is 24.5 Å². The standard InChI is InChI=1S/C22H22ClFN2O2/c23-18-9-7-16(8-10-18)21-12-20(28-25-21)14-26(22(27)17-4-2-5-17)13-15-3-1-6-19(24)11-15/h1,3,6-11,17,20H,2,4-5,12-14H2/t20-/m1/s1. The molecule has 0 spiro atoms. The molecule has 1 atom stereocenters. The molecule has 2 aromatic carbocycles. The second-order valence-corrected chi connectivity index (χ2v) is 7.89. The lowest BCUT2D eigenvalue weighted by Crippen LogP contribution is -2.42. The summed E-state index contributed by atoms with van der Waals surface area (Å²) in [5.41, 5.74) is 2.60. The lowest BCUT2D eigenvalue weighted by Gasteiger charge is -2.32. The van der Waals surface area contributed by atoms with Gasteiger partial charge in [-0.15, -0.1) is 0 Å². The van der Waals surface area contributed by atoms with Crippen LogP contribution in [0.2, 0.25) is 5.02 Å². The van der Waals surface area contributed by atoms with Gasteiger partial charge in [-0.3, -0.25) is 4.79 Å². The zero-order chi connectivity index (χ0) is 19.5. The van der Waals surface area contributed by atoms with Crippen LogP contribution in [-0.2, 0) is 16.2 Å². The van der Waals surface area contributed by atoms with E-state index in [-0.39, 0.29) is 23.7 Å². The molecule has 0 bridgehead atoms. The van der Waals surface area contributed by atoms with Crippen molar-refractivity contribution < 1.29 is 14.0 Å². The SMILES string of the molecule is O=C(C1CCC1)N(Cc1cccc(F)c1)C[C@H]1CC(c2ccc(Cl)cc2)=NO1. The van der Waals surface area contributed by atoms with Crippen LogP contribution in [0.4, 0.5) is 4.39 Å². The van der Waals surface area contributed by atoms with Crippen molar-refractivity contribution in [3.05, 3.63) is 70.5 Å². The average Bonchev–Trinajstić information content (AvgIpc) is 3.09. The molecule has 28 heavy (non-hydrogen) atoms. The van der Waals surface area contributed by atoms with Gasteiger partial charge in [0.2, 0.25) is 5.91 Å². The number of hydrogen-bond acceptors (Lipinski definition) is 3. The molecule has 1 amide bonds. The van der Waals surface area contributed by atoms with Gasteiger partial charge in [-0.25, -0.2) is 4.39 Å². The Morgan fingerprint density at radius 2 is 2.00 bits per heavy atom. The summed E-state index contributed by atoms with van der Waals surface area (Å²) in [7, 11) is 0. The predicted molar refractivity (Wildman–Crippen MR) is 107 cm³/mol. The van der Waals surface area contributed by atoms with E-state index in [1.165, 1.54) is 12.1 Å². The summed E-state index contributed by atoms with van der Waals surface area (Å²) in [5.74, 6) is -0.0929. The van der Waals surface area contributed by atoms with Crippen molar-refractivity contribution >= 4 is 23.2 Å². The summed E-state index contributed by atoms with van der Waals surface area (Å²) < 4.78 is 13.6. The molecule has 2 aliphatic rings. The van der Waals surface area contributed by atoms with Crippen LogP contribution in [0.25, 0.3) is 0 Å². The number of amides is 1. The molecule has 1 aliphatic carbocycles. The number of carbonyl (C=O) groups excluding carboxylic acids is 1. The first-order valence-electron chi connectivity index (χ1n) is 9.60. The Hall–Kier alpha value is -2.40. The van der Waals surface area contributed by atoms with Crippen molar-refractivity contribution in [1.82, 2.24) is 4.90 Å². The smallest absolute Gasteiger partial charge is 0.226 e. The fourth-order valence-corrected chi connectivity index (χ4v) is 3.71. The van der Waals surface area contributed by atoms with E-state index in [1.54, 1.807) is 11.0 Å². The molecule has 146 valence electrons. The first-order chi connectivity index (χ1) is 13.6. The summed E-state index contributed by atoms with van der Waals surface area (Å²) >= 11 is 5.95. The van der Waals surface area contributed by atoms with E-state index in [4.69, 9.17) is 16.4 Å². The number of benzene rings is 2. The third-order valence-corrected chi connectivity index (χ3v) is 5.61.